The monoisotopic (exact) mass is 203 g/mol. The van der Waals surface area contributed by atoms with E-state index >= 15 is 0 Å². The largest absolute Gasteiger partial charge is 0.381 e. The molecule has 3 nitrogen and oxygen atoms in total. The lowest BCUT2D eigenvalue weighted by Crippen LogP contribution is -1.94. The summed E-state index contributed by atoms with van der Waals surface area (Å²) in [6, 6.07) is 9.96. The Kier molecular flexibility index (Phi) is 2.65. The fourth-order valence-electron chi connectivity index (χ4n) is 1.01. The van der Waals surface area contributed by atoms with Crippen LogP contribution in [0.1, 0.15) is 0 Å². The van der Waals surface area contributed by atoms with E-state index in [0.29, 0.717) is 5.82 Å². The van der Waals surface area contributed by atoms with Gasteiger partial charge in [-0.1, -0.05) is 30.0 Å². The number of aromatic nitrogens is 2. The molecular formula is C10H9N3S. The highest BCUT2D eigenvalue weighted by Gasteiger charge is 2.02. The van der Waals surface area contributed by atoms with E-state index in [1.807, 2.05) is 30.3 Å². The predicted molar refractivity (Wildman–Crippen MR) is 57.0 cm³/mol. The zero-order valence-electron chi connectivity index (χ0n) is 7.42. The van der Waals surface area contributed by atoms with Crippen LogP contribution in [0.2, 0.25) is 0 Å². The van der Waals surface area contributed by atoms with E-state index in [0.717, 1.165) is 9.92 Å². The van der Waals surface area contributed by atoms with Gasteiger partial charge in [0.1, 0.15) is 5.03 Å². The van der Waals surface area contributed by atoms with Crippen LogP contribution in [0.15, 0.2) is 52.6 Å². The van der Waals surface area contributed by atoms with Gasteiger partial charge in [0.25, 0.3) is 0 Å². The highest BCUT2D eigenvalue weighted by Crippen LogP contribution is 2.27. The first-order valence-corrected chi connectivity index (χ1v) is 4.97. The number of anilines is 1. The Morgan fingerprint density at radius 2 is 1.71 bits per heavy atom. The van der Waals surface area contributed by atoms with Crippen LogP contribution in [0.3, 0.4) is 0 Å². The maximum absolute atomic E-state index is 5.67. The third-order valence-electron chi connectivity index (χ3n) is 1.65. The van der Waals surface area contributed by atoms with Crippen LogP contribution in [-0.4, -0.2) is 9.97 Å². The Balaban J connectivity index is 2.24. The summed E-state index contributed by atoms with van der Waals surface area (Å²) in [7, 11) is 0. The minimum absolute atomic E-state index is 0.473. The van der Waals surface area contributed by atoms with E-state index in [1.54, 1.807) is 12.4 Å². The third-order valence-corrected chi connectivity index (χ3v) is 2.66. The summed E-state index contributed by atoms with van der Waals surface area (Å²) in [5, 5.41) is 0.749. The standard InChI is InChI=1S/C10H9N3S/c11-9-10(13-7-6-12-9)14-8-4-2-1-3-5-8/h1-7H,(H2,11,12). The van der Waals surface area contributed by atoms with Crippen molar-refractivity contribution in [2.75, 3.05) is 5.73 Å². The van der Waals surface area contributed by atoms with Gasteiger partial charge in [-0.2, -0.15) is 0 Å². The van der Waals surface area contributed by atoms with Crippen molar-refractivity contribution >= 4 is 17.6 Å². The van der Waals surface area contributed by atoms with Gasteiger partial charge in [-0.3, -0.25) is 0 Å². The number of hydrogen-bond donors (Lipinski definition) is 1. The molecule has 70 valence electrons. The SMILES string of the molecule is Nc1nccnc1Sc1ccccc1. The molecule has 14 heavy (non-hydrogen) atoms. The van der Waals surface area contributed by atoms with Gasteiger partial charge < -0.3 is 5.73 Å². The molecule has 2 N–H and O–H groups in total. The molecule has 2 rings (SSSR count). The zero-order valence-corrected chi connectivity index (χ0v) is 8.24. The number of nitrogens with two attached hydrogens (primary N) is 1. The van der Waals surface area contributed by atoms with E-state index < -0.39 is 0 Å². The minimum atomic E-state index is 0.473. The van der Waals surface area contributed by atoms with Gasteiger partial charge in [0, 0.05) is 17.3 Å². The van der Waals surface area contributed by atoms with Gasteiger partial charge in [-0.25, -0.2) is 9.97 Å². The summed E-state index contributed by atoms with van der Waals surface area (Å²) in [6.07, 6.45) is 3.23. The average Bonchev–Trinajstić information content (AvgIpc) is 2.23. The van der Waals surface area contributed by atoms with Crippen LogP contribution < -0.4 is 5.73 Å². The summed E-state index contributed by atoms with van der Waals surface area (Å²) in [5.41, 5.74) is 5.67. The fraction of sp³-hybridized carbons (Fsp3) is 0. The highest BCUT2D eigenvalue weighted by atomic mass is 32.2. The van der Waals surface area contributed by atoms with E-state index in [9.17, 15) is 0 Å². The molecule has 0 fully saturated rings. The third kappa shape index (κ3) is 2.03. The van der Waals surface area contributed by atoms with Crippen molar-refractivity contribution in [2.45, 2.75) is 9.92 Å². The van der Waals surface area contributed by atoms with Gasteiger partial charge in [-0.05, 0) is 12.1 Å². The van der Waals surface area contributed by atoms with Gasteiger partial charge in [-0.15, -0.1) is 0 Å². The number of hydrogen-bond acceptors (Lipinski definition) is 4. The maximum atomic E-state index is 5.67. The van der Waals surface area contributed by atoms with Gasteiger partial charge in [0.15, 0.2) is 5.82 Å². The Morgan fingerprint density at radius 1 is 1.00 bits per heavy atom. The van der Waals surface area contributed by atoms with Crippen molar-refractivity contribution in [3.8, 4) is 0 Å². The molecule has 1 heterocycles. The van der Waals surface area contributed by atoms with E-state index in [4.69, 9.17) is 5.73 Å². The number of nitrogen functional groups attached to an aromatic ring is 1. The smallest absolute Gasteiger partial charge is 0.156 e. The second-order valence-electron chi connectivity index (χ2n) is 2.66. The van der Waals surface area contributed by atoms with Crippen LogP contribution in [0.25, 0.3) is 0 Å². The average molecular weight is 203 g/mol. The first-order chi connectivity index (χ1) is 6.86. The Labute approximate surface area is 86.4 Å². The number of benzene rings is 1. The van der Waals surface area contributed by atoms with Crippen LogP contribution in [0, 0.1) is 0 Å². The van der Waals surface area contributed by atoms with Gasteiger partial charge >= 0.3 is 0 Å². The molecule has 4 heteroatoms. The molecule has 0 atom stereocenters. The molecule has 0 aliphatic carbocycles. The van der Waals surface area contributed by atoms with Crippen molar-refractivity contribution in [1.82, 2.24) is 9.97 Å². The summed E-state index contributed by atoms with van der Waals surface area (Å²) in [4.78, 5) is 9.23. The molecule has 1 aromatic carbocycles. The normalized spacial score (nSPS) is 10.0. The molecule has 0 aliphatic heterocycles. The van der Waals surface area contributed by atoms with Crippen molar-refractivity contribution in [1.29, 1.82) is 0 Å². The first kappa shape index (κ1) is 9.02. The Hall–Kier alpha value is -1.55. The lowest BCUT2D eigenvalue weighted by atomic mass is 10.4. The van der Waals surface area contributed by atoms with Crippen LogP contribution >= 0.6 is 11.8 Å². The minimum Gasteiger partial charge on any atom is -0.381 e. The molecule has 0 bridgehead atoms. The van der Waals surface area contributed by atoms with Crippen molar-refractivity contribution < 1.29 is 0 Å². The first-order valence-electron chi connectivity index (χ1n) is 4.15. The number of nitrogens with zero attached hydrogens (tertiary/aromatic N) is 2. The lowest BCUT2D eigenvalue weighted by molar-refractivity contribution is 1.07. The number of rotatable bonds is 2. The fourth-order valence-corrected chi connectivity index (χ4v) is 1.80. The molecule has 1 aromatic heterocycles. The summed E-state index contributed by atoms with van der Waals surface area (Å²) in [6.45, 7) is 0. The van der Waals surface area contributed by atoms with E-state index in [2.05, 4.69) is 9.97 Å². The summed E-state index contributed by atoms with van der Waals surface area (Å²) in [5.74, 6) is 0.473. The molecule has 0 saturated carbocycles. The molecule has 0 saturated heterocycles. The van der Waals surface area contributed by atoms with E-state index in [-0.39, 0.29) is 0 Å². The second kappa shape index (κ2) is 4.11. The van der Waals surface area contributed by atoms with Crippen LogP contribution in [-0.2, 0) is 0 Å². The molecule has 0 spiro atoms. The Morgan fingerprint density at radius 3 is 2.43 bits per heavy atom. The van der Waals surface area contributed by atoms with Crippen molar-refractivity contribution in [2.24, 2.45) is 0 Å². The molecule has 0 unspecified atom stereocenters. The van der Waals surface area contributed by atoms with Crippen LogP contribution in [0.4, 0.5) is 5.82 Å². The topological polar surface area (TPSA) is 51.8 Å². The van der Waals surface area contributed by atoms with Crippen molar-refractivity contribution in [3.05, 3.63) is 42.7 Å². The quantitative estimate of drug-likeness (QED) is 0.813. The zero-order chi connectivity index (χ0) is 9.80. The Bertz CT molecular complexity index is 417. The van der Waals surface area contributed by atoms with E-state index in [1.165, 1.54) is 11.8 Å². The molecule has 0 radical (unpaired) electrons. The summed E-state index contributed by atoms with van der Waals surface area (Å²) >= 11 is 1.52. The molecule has 0 aliphatic rings. The highest BCUT2D eigenvalue weighted by molar-refractivity contribution is 7.99. The van der Waals surface area contributed by atoms with Crippen LogP contribution in [0.5, 0.6) is 0 Å². The predicted octanol–water partition coefficient (Wildman–Crippen LogP) is 2.21. The molecular weight excluding hydrogens is 194 g/mol. The van der Waals surface area contributed by atoms with Gasteiger partial charge in [0.2, 0.25) is 0 Å². The van der Waals surface area contributed by atoms with Crippen molar-refractivity contribution in [3.63, 3.8) is 0 Å². The molecule has 0 amide bonds. The maximum Gasteiger partial charge on any atom is 0.156 e. The molecule has 2 aromatic rings. The second-order valence-corrected chi connectivity index (χ2v) is 3.72. The summed E-state index contributed by atoms with van der Waals surface area (Å²) < 4.78 is 0. The lowest BCUT2D eigenvalue weighted by Gasteiger charge is -2.01. The van der Waals surface area contributed by atoms with Gasteiger partial charge in [0.05, 0.1) is 0 Å².